The van der Waals surface area contributed by atoms with E-state index in [4.69, 9.17) is 28.2 Å². The third kappa shape index (κ3) is 6.22. The molecule has 16 aromatic rings. The molecule has 5 heterocycles. The van der Waals surface area contributed by atoms with Crippen LogP contribution in [0.25, 0.3) is 160 Å². The lowest BCUT2D eigenvalue weighted by Crippen LogP contribution is -2.07. The van der Waals surface area contributed by atoms with Crippen molar-refractivity contribution in [2.75, 3.05) is 0 Å². The zero-order valence-electron chi connectivity index (χ0n) is 39.9. The average molecular weight is 939 g/mol. The van der Waals surface area contributed by atoms with Crippen LogP contribution in [-0.2, 0) is 0 Å². The fraction of sp³-hybridized carbons (Fsp3) is 0.0455. The summed E-state index contributed by atoms with van der Waals surface area (Å²) >= 11 is 0. The molecule has 0 unspecified atom stereocenters. The number of rotatable bonds is 4. The molecule has 0 spiro atoms. The molecule has 0 aliphatic rings. The number of hydrogen-bond acceptors (Lipinski definition) is 6. The predicted octanol–water partition coefficient (Wildman–Crippen LogP) is 18.5. The van der Waals surface area contributed by atoms with Crippen molar-refractivity contribution in [3.8, 4) is 39.9 Å². The Hall–Kier alpha value is -9.59. The molecule has 0 aliphatic carbocycles. The van der Waals surface area contributed by atoms with Crippen LogP contribution in [0.5, 0.6) is 0 Å². The largest absolute Gasteiger partial charge is 0.456 e. The van der Waals surface area contributed by atoms with Gasteiger partial charge in [-0.2, -0.15) is 9.97 Å². The second-order valence-electron chi connectivity index (χ2n) is 18.9. The van der Waals surface area contributed by atoms with E-state index in [2.05, 4.69) is 188 Å². The minimum Gasteiger partial charge on any atom is -0.456 e. The van der Waals surface area contributed by atoms with Crippen LogP contribution in [0, 0.1) is 0 Å². The number of nitrogens with zero attached hydrogens (tertiary/aromatic N) is 4. The summed E-state index contributed by atoms with van der Waals surface area (Å²) in [7, 11) is 0. The van der Waals surface area contributed by atoms with E-state index in [1.54, 1.807) is 0 Å². The Bertz CT molecular complexity index is 4800. The first kappa shape index (κ1) is 41.2. The maximum Gasteiger partial charge on any atom is 0.238 e. The maximum absolute atomic E-state index is 6.53. The third-order valence-corrected chi connectivity index (χ3v) is 14.4. The van der Waals surface area contributed by atoms with Crippen LogP contribution in [0.3, 0.4) is 0 Å². The SMILES string of the molecule is CCC.c1ccc2c(c1)ccc1oc3ccc(-c4cccc5c6c7ccccc7c7ccccc7c6n(-c6nc(-c7ccc8c(c7)oc7ccccc78)nc(-c7ccc8c(c7)oc7ccccc78)n6)c45)cc3c12. The molecule has 0 fully saturated rings. The molecule has 7 nitrogen and oxygen atoms in total. The lowest BCUT2D eigenvalue weighted by Gasteiger charge is -2.14. The van der Waals surface area contributed by atoms with Crippen molar-refractivity contribution in [2.45, 2.75) is 20.3 Å². The lowest BCUT2D eigenvalue weighted by molar-refractivity contribution is 0.668. The molecule has 0 saturated carbocycles. The van der Waals surface area contributed by atoms with Crippen molar-refractivity contribution >= 4 is 120 Å². The average Bonchev–Trinajstić information content (AvgIpc) is 4.25. The van der Waals surface area contributed by atoms with E-state index in [0.29, 0.717) is 17.6 Å². The first-order chi connectivity index (χ1) is 36.1. The van der Waals surface area contributed by atoms with Gasteiger partial charge in [0.15, 0.2) is 11.6 Å². The van der Waals surface area contributed by atoms with E-state index in [1.807, 2.05) is 36.4 Å². The van der Waals surface area contributed by atoms with Gasteiger partial charge < -0.3 is 13.3 Å². The van der Waals surface area contributed by atoms with Crippen LogP contribution in [0.15, 0.2) is 220 Å². The Morgan fingerprint density at radius 3 is 1.49 bits per heavy atom. The number of furan rings is 3. The number of benzene rings is 11. The van der Waals surface area contributed by atoms with Gasteiger partial charge in [-0.05, 0) is 87.1 Å². The number of aromatic nitrogens is 4. The summed E-state index contributed by atoms with van der Waals surface area (Å²) in [5, 5.41) is 15.5. The Balaban J connectivity index is 0.00000154. The second-order valence-corrected chi connectivity index (χ2v) is 18.9. The van der Waals surface area contributed by atoms with Crippen molar-refractivity contribution in [3.63, 3.8) is 0 Å². The highest BCUT2D eigenvalue weighted by Crippen LogP contribution is 2.46. The van der Waals surface area contributed by atoms with Gasteiger partial charge in [0.25, 0.3) is 0 Å². The summed E-state index contributed by atoms with van der Waals surface area (Å²) < 4.78 is 21.7. The van der Waals surface area contributed by atoms with Crippen LogP contribution >= 0.6 is 0 Å². The Morgan fingerprint density at radius 2 is 0.822 bits per heavy atom. The third-order valence-electron chi connectivity index (χ3n) is 14.4. The van der Waals surface area contributed by atoms with Gasteiger partial charge in [0.2, 0.25) is 5.95 Å². The van der Waals surface area contributed by atoms with Gasteiger partial charge in [-0.15, -0.1) is 0 Å². The van der Waals surface area contributed by atoms with Gasteiger partial charge in [-0.25, -0.2) is 4.98 Å². The molecule has 5 aromatic heterocycles. The lowest BCUT2D eigenvalue weighted by atomic mass is 9.95. The van der Waals surface area contributed by atoms with Crippen LogP contribution in [0.4, 0.5) is 0 Å². The van der Waals surface area contributed by atoms with Crippen LogP contribution in [0.2, 0.25) is 0 Å². The van der Waals surface area contributed by atoms with E-state index >= 15 is 0 Å². The quantitative estimate of drug-likeness (QED) is 0.164. The van der Waals surface area contributed by atoms with Gasteiger partial charge in [0.05, 0.1) is 11.0 Å². The minimum absolute atomic E-state index is 0.489. The molecule has 0 aliphatic heterocycles. The summed E-state index contributed by atoms with van der Waals surface area (Å²) in [4.78, 5) is 16.4. The summed E-state index contributed by atoms with van der Waals surface area (Å²) in [6, 6.07) is 72.1. The smallest absolute Gasteiger partial charge is 0.238 e. The molecular weight excluding hydrogens is 897 g/mol. The summed E-state index contributed by atoms with van der Waals surface area (Å²) in [6.07, 6.45) is 1.25. The Morgan fingerprint density at radius 1 is 0.329 bits per heavy atom. The highest BCUT2D eigenvalue weighted by atomic mass is 16.3. The summed E-state index contributed by atoms with van der Waals surface area (Å²) in [6.45, 7) is 4.25. The van der Waals surface area contributed by atoms with Gasteiger partial charge in [0, 0.05) is 65.2 Å². The Labute approximate surface area is 417 Å². The molecule has 0 N–H and O–H groups in total. The molecular formula is C66H42N4O3. The minimum atomic E-state index is 0.489. The molecule has 344 valence electrons. The summed E-state index contributed by atoms with van der Waals surface area (Å²) in [5.74, 6) is 1.52. The fourth-order valence-electron chi connectivity index (χ4n) is 11.3. The zero-order valence-corrected chi connectivity index (χ0v) is 39.9. The van der Waals surface area contributed by atoms with Crippen LogP contribution in [0.1, 0.15) is 20.3 Å². The second kappa shape index (κ2) is 16.0. The first-order valence-corrected chi connectivity index (χ1v) is 24.9. The molecule has 0 amide bonds. The normalized spacial score (nSPS) is 12.0. The van der Waals surface area contributed by atoms with Gasteiger partial charge in [-0.3, -0.25) is 4.57 Å². The standard InChI is InChI=1S/C63H34N4O3.C3H8/c1-2-13-39-35(12-1)26-31-54-57(39)50-32-36(27-30-53(50)68-54)40-20-11-21-49-58-47-18-5-3-14-41(47)42-15-4-6-19-48(42)60(58)67(59(40)49)63-65-61(37-24-28-45-43-16-7-9-22-51(43)69-55(45)33-37)64-62(66-63)38-25-29-46-44-17-8-10-23-52(44)70-56(46)34-38;1-3-2/h1-34H;3H2,1-2H3. The fourth-order valence-corrected chi connectivity index (χ4v) is 11.3. The molecule has 0 bridgehead atoms. The highest BCUT2D eigenvalue weighted by Gasteiger charge is 2.25. The molecule has 16 rings (SSSR count). The van der Waals surface area contributed by atoms with Crippen molar-refractivity contribution in [1.82, 2.24) is 19.5 Å². The first-order valence-electron chi connectivity index (χ1n) is 24.9. The zero-order chi connectivity index (χ0) is 48.3. The molecule has 0 saturated heterocycles. The Kier molecular flexibility index (Phi) is 9.02. The molecule has 7 heteroatoms. The van der Waals surface area contributed by atoms with E-state index in [0.717, 1.165) is 131 Å². The predicted molar refractivity (Wildman–Crippen MR) is 301 cm³/mol. The number of fused-ring (bicyclic) bond motifs is 19. The van der Waals surface area contributed by atoms with E-state index < -0.39 is 0 Å². The van der Waals surface area contributed by atoms with Crippen molar-refractivity contribution in [1.29, 1.82) is 0 Å². The molecule has 0 atom stereocenters. The summed E-state index contributed by atoms with van der Waals surface area (Å²) in [5.41, 5.74) is 10.6. The van der Waals surface area contributed by atoms with Crippen molar-refractivity contribution < 1.29 is 13.3 Å². The molecule has 73 heavy (non-hydrogen) atoms. The van der Waals surface area contributed by atoms with Crippen molar-refractivity contribution in [3.05, 3.63) is 206 Å². The van der Waals surface area contributed by atoms with E-state index in [9.17, 15) is 0 Å². The van der Waals surface area contributed by atoms with Crippen molar-refractivity contribution in [2.24, 2.45) is 0 Å². The molecule has 0 radical (unpaired) electrons. The topological polar surface area (TPSA) is 83.0 Å². The van der Waals surface area contributed by atoms with Crippen LogP contribution in [-0.4, -0.2) is 19.5 Å². The number of hydrogen-bond donors (Lipinski definition) is 0. The maximum atomic E-state index is 6.53. The van der Waals surface area contributed by atoms with Gasteiger partial charge in [-0.1, -0.05) is 172 Å². The van der Waals surface area contributed by atoms with Crippen LogP contribution < -0.4 is 0 Å². The highest BCUT2D eigenvalue weighted by molar-refractivity contribution is 6.33. The van der Waals surface area contributed by atoms with E-state index in [-0.39, 0.29) is 0 Å². The monoisotopic (exact) mass is 938 g/mol. The number of para-hydroxylation sites is 3. The molecule has 11 aromatic carbocycles. The van der Waals surface area contributed by atoms with E-state index in [1.165, 1.54) is 17.2 Å². The van der Waals surface area contributed by atoms with Gasteiger partial charge in [0.1, 0.15) is 33.5 Å². The van der Waals surface area contributed by atoms with Gasteiger partial charge >= 0.3 is 0 Å².